The molecule has 0 aromatic rings. The summed E-state index contributed by atoms with van der Waals surface area (Å²) >= 11 is 0. The van der Waals surface area contributed by atoms with E-state index in [1.54, 1.807) is 6.26 Å². The molecule has 1 saturated heterocycles. The van der Waals surface area contributed by atoms with Crippen LogP contribution in [-0.4, -0.2) is 19.8 Å². The lowest BCUT2D eigenvalue weighted by Gasteiger charge is -2.32. The third kappa shape index (κ3) is 2.86. The molecule has 0 N–H and O–H groups in total. The Bertz CT molecular complexity index is 146. The summed E-state index contributed by atoms with van der Waals surface area (Å²) in [6.07, 6.45) is 6.03. The summed E-state index contributed by atoms with van der Waals surface area (Å²) in [5.74, 6) is 0. The molecule has 12 heavy (non-hydrogen) atoms. The summed E-state index contributed by atoms with van der Waals surface area (Å²) < 4.78 is 10.8. The van der Waals surface area contributed by atoms with Crippen molar-refractivity contribution in [1.29, 1.82) is 0 Å². The molecule has 0 radical (unpaired) electrons. The van der Waals surface area contributed by atoms with Crippen LogP contribution in [0.3, 0.4) is 0 Å². The lowest BCUT2D eigenvalue weighted by molar-refractivity contribution is -0.0305. The molecular formula is C10H18O2. The van der Waals surface area contributed by atoms with Crippen LogP contribution in [0.15, 0.2) is 12.3 Å². The van der Waals surface area contributed by atoms with Gasteiger partial charge in [-0.05, 0) is 19.8 Å². The third-order valence-electron chi connectivity index (χ3n) is 2.18. The molecule has 2 nitrogen and oxygen atoms in total. The van der Waals surface area contributed by atoms with Gasteiger partial charge in [-0.25, -0.2) is 0 Å². The second-order valence-electron chi connectivity index (χ2n) is 3.75. The molecule has 1 unspecified atom stereocenters. The second-order valence-corrected chi connectivity index (χ2v) is 3.75. The highest BCUT2D eigenvalue weighted by atomic mass is 16.5. The fourth-order valence-electron chi connectivity index (χ4n) is 1.45. The number of hydrogen-bond acceptors (Lipinski definition) is 2. The molecule has 1 heterocycles. The second kappa shape index (κ2) is 4.51. The van der Waals surface area contributed by atoms with Gasteiger partial charge in [0.05, 0.1) is 19.5 Å². The normalized spacial score (nSPS) is 30.8. The summed E-state index contributed by atoms with van der Waals surface area (Å²) in [6.45, 7) is 6.70. The number of hydrogen-bond donors (Lipinski definition) is 0. The first-order chi connectivity index (χ1) is 5.77. The van der Waals surface area contributed by atoms with Crippen molar-refractivity contribution in [2.75, 3.05) is 19.8 Å². The van der Waals surface area contributed by atoms with Crippen LogP contribution in [0.5, 0.6) is 0 Å². The van der Waals surface area contributed by atoms with E-state index in [1.807, 2.05) is 13.0 Å². The van der Waals surface area contributed by atoms with Crippen molar-refractivity contribution in [3.8, 4) is 0 Å². The maximum atomic E-state index is 5.41. The van der Waals surface area contributed by atoms with E-state index in [1.165, 1.54) is 6.42 Å². The maximum Gasteiger partial charge on any atom is 0.0948 e. The zero-order valence-electron chi connectivity index (χ0n) is 8.01. The Hall–Kier alpha value is -0.500. The summed E-state index contributed by atoms with van der Waals surface area (Å²) in [5.41, 5.74) is 0.234. The Labute approximate surface area is 74.6 Å². The predicted molar refractivity (Wildman–Crippen MR) is 48.9 cm³/mol. The van der Waals surface area contributed by atoms with Gasteiger partial charge in [0, 0.05) is 12.0 Å². The Morgan fingerprint density at radius 2 is 2.42 bits per heavy atom. The van der Waals surface area contributed by atoms with E-state index in [-0.39, 0.29) is 5.41 Å². The van der Waals surface area contributed by atoms with Gasteiger partial charge in [0.1, 0.15) is 0 Å². The van der Waals surface area contributed by atoms with Gasteiger partial charge in [-0.15, -0.1) is 0 Å². The van der Waals surface area contributed by atoms with Crippen LogP contribution < -0.4 is 0 Å². The van der Waals surface area contributed by atoms with Crippen LogP contribution in [0.1, 0.15) is 26.7 Å². The van der Waals surface area contributed by atoms with Crippen LogP contribution in [0, 0.1) is 5.41 Å². The number of rotatable bonds is 3. The van der Waals surface area contributed by atoms with Crippen molar-refractivity contribution in [1.82, 2.24) is 0 Å². The van der Waals surface area contributed by atoms with Crippen molar-refractivity contribution in [2.45, 2.75) is 26.7 Å². The molecule has 1 aliphatic heterocycles. The lowest BCUT2D eigenvalue weighted by atomic mass is 9.86. The lowest BCUT2D eigenvalue weighted by Crippen LogP contribution is -2.32. The first-order valence-electron chi connectivity index (χ1n) is 4.57. The van der Waals surface area contributed by atoms with E-state index >= 15 is 0 Å². The predicted octanol–water partition coefficient (Wildman–Crippen LogP) is 2.35. The van der Waals surface area contributed by atoms with E-state index in [4.69, 9.17) is 9.47 Å². The molecule has 1 rings (SSSR count). The Kier molecular flexibility index (Phi) is 3.60. The van der Waals surface area contributed by atoms with Crippen molar-refractivity contribution in [3.05, 3.63) is 12.3 Å². The van der Waals surface area contributed by atoms with Gasteiger partial charge in [-0.1, -0.05) is 13.0 Å². The highest BCUT2D eigenvalue weighted by Crippen LogP contribution is 2.27. The summed E-state index contributed by atoms with van der Waals surface area (Å²) in [4.78, 5) is 0. The molecule has 1 aliphatic rings. The monoisotopic (exact) mass is 170 g/mol. The highest BCUT2D eigenvalue weighted by Gasteiger charge is 2.27. The molecule has 0 aromatic heterocycles. The van der Waals surface area contributed by atoms with Crippen molar-refractivity contribution in [3.63, 3.8) is 0 Å². The first-order valence-corrected chi connectivity index (χ1v) is 4.57. The van der Waals surface area contributed by atoms with Gasteiger partial charge in [0.25, 0.3) is 0 Å². The number of allylic oxidation sites excluding steroid dienone is 1. The van der Waals surface area contributed by atoms with E-state index in [0.29, 0.717) is 0 Å². The van der Waals surface area contributed by atoms with Gasteiger partial charge in [-0.2, -0.15) is 0 Å². The van der Waals surface area contributed by atoms with Gasteiger partial charge < -0.3 is 9.47 Å². The smallest absolute Gasteiger partial charge is 0.0948 e. The van der Waals surface area contributed by atoms with E-state index < -0.39 is 0 Å². The highest BCUT2D eigenvalue weighted by molar-refractivity contribution is 4.78. The standard InChI is InChI=1S/C10H18O2/c1-3-6-11-8-10(2)5-4-7-12-9-10/h3,6H,4-5,7-9H2,1-2H3/b6-3+. The van der Waals surface area contributed by atoms with Crippen LogP contribution in [0.2, 0.25) is 0 Å². The van der Waals surface area contributed by atoms with E-state index in [2.05, 4.69) is 6.92 Å². The number of ether oxygens (including phenoxy) is 2. The zero-order valence-corrected chi connectivity index (χ0v) is 8.01. The molecule has 0 saturated carbocycles. The minimum Gasteiger partial charge on any atom is -0.501 e. The first kappa shape index (κ1) is 9.59. The largest absolute Gasteiger partial charge is 0.501 e. The van der Waals surface area contributed by atoms with Crippen molar-refractivity contribution >= 4 is 0 Å². The molecule has 2 heteroatoms. The molecule has 0 spiro atoms. The molecule has 1 fully saturated rings. The summed E-state index contributed by atoms with van der Waals surface area (Å²) in [7, 11) is 0. The van der Waals surface area contributed by atoms with Crippen LogP contribution in [0.4, 0.5) is 0 Å². The Morgan fingerprint density at radius 3 is 3.00 bits per heavy atom. The fraction of sp³-hybridized carbons (Fsp3) is 0.800. The van der Waals surface area contributed by atoms with Crippen LogP contribution >= 0.6 is 0 Å². The molecule has 0 aromatic carbocycles. The van der Waals surface area contributed by atoms with E-state index in [0.717, 1.165) is 26.2 Å². The zero-order chi connectivity index (χ0) is 8.86. The summed E-state index contributed by atoms with van der Waals surface area (Å²) in [6, 6.07) is 0. The minimum atomic E-state index is 0.234. The molecule has 1 atom stereocenters. The Morgan fingerprint density at radius 1 is 1.58 bits per heavy atom. The third-order valence-corrected chi connectivity index (χ3v) is 2.18. The molecule has 0 amide bonds. The molecule has 70 valence electrons. The van der Waals surface area contributed by atoms with E-state index in [9.17, 15) is 0 Å². The average molecular weight is 170 g/mol. The fourth-order valence-corrected chi connectivity index (χ4v) is 1.45. The minimum absolute atomic E-state index is 0.234. The van der Waals surface area contributed by atoms with Gasteiger partial charge in [0.15, 0.2) is 0 Å². The Balaban J connectivity index is 2.26. The molecule has 0 bridgehead atoms. The molecule has 0 aliphatic carbocycles. The maximum absolute atomic E-state index is 5.41. The summed E-state index contributed by atoms with van der Waals surface area (Å²) in [5, 5.41) is 0. The van der Waals surface area contributed by atoms with Crippen LogP contribution in [-0.2, 0) is 9.47 Å². The van der Waals surface area contributed by atoms with Gasteiger partial charge in [-0.3, -0.25) is 0 Å². The van der Waals surface area contributed by atoms with Gasteiger partial charge in [0.2, 0.25) is 0 Å². The van der Waals surface area contributed by atoms with Gasteiger partial charge >= 0.3 is 0 Å². The van der Waals surface area contributed by atoms with Crippen molar-refractivity contribution < 1.29 is 9.47 Å². The topological polar surface area (TPSA) is 18.5 Å². The quantitative estimate of drug-likeness (QED) is 0.605. The molecular weight excluding hydrogens is 152 g/mol. The average Bonchev–Trinajstić information content (AvgIpc) is 2.06. The SMILES string of the molecule is C/C=C/OCC1(C)CCCOC1. The van der Waals surface area contributed by atoms with Crippen LogP contribution in [0.25, 0.3) is 0 Å². The van der Waals surface area contributed by atoms with Crippen molar-refractivity contribution in [2.24, 2.45) is 5.41 Å².